The second-order valence-electron chi connectivity index (χ2n) is 2.95. The van der Waals surface area contributed by atoms with Crippen molar-refractivity contribution in [3.8, 4) is 0 Å². The number of ether oxygens (including phenoxy) is 1. The number of aromatic nitrogens is 1. The van der Waals surface area contributed by atoms with Gasteiger partial charge >= 0.3 is 5.97 Å². The highest BCUT2D eigenvalue weighted by molar-refractivity contribution is 5.75. The number of pyridine rings is 1. The van der Waals surface area contributed by atoms with Crippen molar-refractivity contribution in [1.29, 1.82) is 0 Å². The molecule has 16 heavy (non-hydrogen) atoms. The van der Waals surface area contributed by atoms with Crippen molar-refractivity contribution in [2.24, 2.45) is 0 Å². The molecule has 0 spiro atoms. The summed E-state index contributed by atoms with van der Waals surface area (Å²) in [5.74, 6) is -2.11. The molecule has 1 aromatic rings. The molecule has 0 aliphatic carbocycles. The van der Waals surface area contributed by atoms with Crippen molar-refractivity contribution >= 4 is 11.7 Å². The summed E-state index contributed by atoms with van der Waals surface area (Å²) in [4.78, 5) is 14.0. The Kier molecular flexibility index (Phi) is 3.70. The van der Waals surface area contributed by atoms with Crippen LogP contribution in [-0.2, 0) is 16.0 Å². The molecular formula is C9H9F3N2O2. The van der Waals surface area contributed by atoms with Gasteiger partial charge in [-0.25, -0.2) is 13.8 Å². The van der Waals surface area contributed by atoms with Crippen LogP contribution in [0.25, 0.3) is 0 Å². The fraction of sp³-hybridized carbons (Fsp3) is 0.333. The largest absolute Gasteiger partial charge is 0.469 e. The van der Waals surface area contributed by atoms with E-state index in [0.29, 0.717) is 0 Å². The maximum atomic E-state index is 13.0. The van der Waals surface area contributed by atoms with Crippen LogP contribution in [0.5, 0.6) is 0 Å². The van der Waals surface area contributed by atoms with Crippen LogP contribution < -0.4 is 5.73 Å². The summed E-state index contributed by atoms with van der Waals surface area (Å²) < 4.78 is 42.4. The first kappa shape index (κ1) is 12.3. The SMILES string of the molecule is COC(=O)Cc1c(N)cnc(F)c1C(F)F. The van der Waals surface area contributed by atoms with Crippen molar-refractivity contribution in [3.63, 3.8) is 0 Å². The Balaban J connectivity index is 3.23. The first-order valence-corrected chi connectivity index (χ1v) is 4.25. The molecule has 4 nitrogen and oxygen atoms in total. The quantitative estimate of drug-likeness (QED) is 0.635. The topological polar surface area (TPSA) is 65.2 Å². The first-order valence-electron chi connectivity index (χ1n) is 4.25. The smallest absolute Gasteiger partial charge is 0.310 e. The van der Waals surface area contributed by atoms with Crippen LogP contribution in [0.3, 0.4) is 0 Å². The number of esters is 1. The normalized spacial score (nSPS) is 10.6. The molecule has 1 rings (SSSR count). The molecular weight excluding hydrogens is 225 g/mol. The van der Waals surface area contributed by atoms with Gasteiger partial charge in [0.15, 0.2) is 0 Å². The lowest BCUT2D eigenvalue weighted by molar-refractivity contribution is -0.139. The highest BCUT2D eigenvalue weighted by atomic mass is 19.3. The van der Waals surface area contributed by atoms with Crippen LogP contribution in [0.1, 0.15) is 17.6 Å². The van der Waals surface area contributed by atoms with E-state index in [9.17, 15) is 18.0 Å². The molecule has 0 aliphatic rings. The van der Waals surface area contributed by atoms with Crippen molar-refractivity contribution in [1.82, 2.24) is 4.98 Å². The van der Waals surface area contributed by atoms with E-state index in [1.807, 2.05) is 0 Å². The van der Waals surface area contributed by atoms with Gasteiger partial charge in [0.2, 0.25) is 5.95 Å². The van der Waals surface area contributed by atoms with Gasteiger partial charge in [-0.3, -0.25) is 4.79 Å². The zero-order valence-corrected chi connectivity index (χ0v) is 8.34. The number of alkyl halides is 2. The number of nitrogen functional groups attached to an aromatic ring is 1. The highest BCUT2D eigenvalue weighted by Gasteiger charge is 2.23. The lowest BCUT2D eigenvalue weighted by Gasteiger charge is -2.10. The molecule has 7 heteroatoms. The maximum absolute atomic E-state index is 13.0. The minimum absolute atomic E-state index is 0.165. The van der Waals surface area contributed by atoms with Gasteiger partial charge in [-0.15, -0.1) is 0 Å². The van der Waals surface area contributed by atoms with E-state index in [-0.39, 0.29) is 11.3 Å². The highest BCUT2D eigenvalue weighted by Crippen LogP contribution is 2.28. The Bertz CT molecular complexity index is 410. The Labute approximate surface area is 89.2 Å². The van der Waals surface area contributed by atoms with Gasteiger partial charge in [0, 0.05) is 5.56 Å². The second-order valence-corrected chi connectivity index (χ2v) is 2.95. The van der Waals surface area contributed by atoms with Gasteiger partial charge in [-0.1, -0.05) is 0 Å². The molecule has 0 saturated carbocycles. The van der Waals surface area contributed by atoms with E-state index in [1.54, 1.807) is 0 Å². The molecule has 1 heterocycles. The number of carbonyl (C=O) groups is 1. The van der Waals surface area contributed by atoms with E-state index in [4.69, 9.17) is 5.73 Å². The molecule has 0 bridgehead atoms. The lowest BCUT2D eigenvalue weighted by atomic mass is 10.1. The van der Waals surface area contributed by atoms with Crippen LogP contribution in [0.15, 0.2) is 6.20 Å². The Hall–Kier alpha value is -1.79. The number of halogens is 3. The van der Waals surface area contributed by atoms with Gasteiger partial charge in [0.25, 0.3) is 6.43 Å². The molecule has 0 aromatic carbocycles. The third-order valence-corrected chi connectivity index (χ3v) is 1.98. The number of rotatable bonds is 3. The molecule has 88 valence electrons. The zero-order valence-electron chi connectivity index (χ0n) is 8.34. The maximum Gasteiger partial charge on any atom is 0.310 e. The zero-order chi connectivity index (χ0) is 12.3. The Morgan fingerprint density at radius 2 is 2.25 bits per heavy atom. The number of nitrogens with zero attached hydrogens (tertiary/aromatic N) is 1. The van der Waals surface area contributed by atoms with E-state index in [1.165, 1.54) is 0 Å². The van der Waals surface area contributed by atoms with Gasteiger partial charge in [0.05, 0.1) is 31.0 Å². The van der Waals surface area contributed by atoms with Crippen molar-refractivity contribution < 1.29 is 22.7 Å². The van der Waals surface area contributed by atoms with Gasteiger partial charge in [-0.05, 0) is 0 Å². The standard InChI is InChI=1S/C9H9F3N2O2/c1-16-6(15)2-4-5(13)3-14-9(12)7(4)8(10)11/h3,8H,2,13H2,1H3. The predicted molar refractivity (Wildman–Crippen MR) is 49.3 cm³/mol. The van der Waals surface area contributed by atoms with Crippen LogP contribution in [0.4, 0.5) is 18.9 Å². The van der Waals surface area contributed by atoms with Crippen LogP contribution in [0, 0.1) is 5.95 Å². The van der Waals surface area contributed by atoms with E-state index < -0.39 is 30.3 Å². The van der Waals surface area contributed by atoms with Gasteiger partial charge in [-0.2, -0.15) is 4.39 Å². The van der Waals surface area contributed by atoms with Crippen LogP contribution in [-0.4, -0.2) is 18.1 Å². The van der Waals surface area contributed by atoms with E-state index in [0.717, 1.165) is 13.3 Å². The molecule has 0 aliphatic heterocycles. The van der Waals surface area contributed by atoms with Crippen LogP contribution >= 0.6 is 0 Å². The molecule has 0 amide bonds. The summed E-state index contributed by atoms with van der Waals surface area (Å²) in [6, 6.07) is 0. The van der Waals surface area contributed by atoms with Crippen molar-refractivity contribution in [3.05, 3.63) is 23.3 Å². The molecule has 0 fully saturated rings. The van der Waals surface area contributed by atoms with Crippen molar-refractivity contribution in [2.75, 3.05) is 12.8 Å². The number of hydrogen-bond acceptors (Lipinski definition) is 4. The number of carbonyl (C=O) groups excluding carboxylic acids is 1. The minimum Gasteiger partial charge on any atom is -0.469 e. The summed E-state index contributed by atoms with van der Waals surface area (Å²) in [6.45, 7) is 0. The summed E-state index contributed by atoms with van der Waals surface area (Å²) in [6.07, 6.45) is -2.71. The first-order chi connectivity index (χ1) is 7.47. The number of nitrogens with two attached hydrogens (primary N) is 1. The third-order valence-electron chi connectivity index (χ3n) is 1.98. The Morgan fingerprint density at radius 1 is 1.62 bits per heavy atom. The summed E-state index contributed by atoms with van der Waals surface area (Å²) in [5.41, 5.74) is 3.96. The summed E-state index contributed by atoms with van der Waals surface area (Å²) in [5, 5.41) is 0. The third kappa shape index (κ3) is 2.41. The van der Waals surface area contributed by atoms with Crippen molar-refractivity contribution in [2.45, 2.75) is 12.8 Å². The van der Waals surface area contributed by atoms with E-state index in [2.05, 4.69) is 9.72 Å². The summed E-state index contributed by atoms with van der Waals surface area (Å²) >= 11 is 0. The molecule has 0 unspecified atom stereocenters. The fourth-order valence-corrected chi connectivity index (χ4v) is 1.19. The van der Waals surface area contributed by atoms with E-state index >= 15 is 0 Å². The molecule has 0 atom stereocenters. The van der Waals surface area contributed by atoms with Crippen LogP contribution in [0.2, 0.25) is 0 Å². The molecule has 0 saturated heterocycles. The number of anilines is 1. The van der Waals surface area contributed by atoms with Gasteiger partial charge in [0.1, 0.15) is 0 Å². The number of hydrogen-bond donors (Lipinski definition) is 1. The Morgan fingerprint density at radius 3 is 2.75 bits per heavy atom. The minimum atomic E-state index is -3.09. The second kappa shape index (κ2) is 4.82. The molecule has 0 radical (unpaired) electrons. The number of methoxy groups -OCH3 is 1. The molecule has 2 N–H and O–H groups in total. The summed E-state index contributed by atoms with van der Waals surface area (Å²) in [7, 11) is 1.10. The fourth-order valence-electron chi connectivity index (χ4n) is 1.19. The molecule has 1 aromatic heterocycles. The lowest BCUT2D eigenvalue weighted by Crippen LogP contribution is -2.12. The average molecular weight is 234 g/mol. The monoisotopic (exact) mass is 234 g/mol. The van der Waals surface area contributed by atoms with Gasteiger partial charge < -0.3 is 10.5 Å². The predicted octanol–water partition coefficient (Wildman–Crippen LogP) is 1.46. The average Bonchev–Trinajstić information content (AvgIpc) is 2.22.